The van der Waals surface area contributed by atoms with E-state index >= 15 is 0 Å². The van der Waals surface area contributed by atoms with Gasteiger partial charge in [-0.1, -0.05) is 37.7 Å². The Morgan fingerprint density at radius 1 is 1.38 bits per heavy atom. The first kappa shape index (κ1) is 17.7. The van der Waals surface area contributed by atoms with Gasteiger partial charge in [0.05, 0.1) is 18.1 Å². The fraction of sp³-hybridized carbons (Fsp3) is 0.368. The predicted molar refractivity (Wildman–Crippen MR) is 105 cm³/mol. The molecule has 0 aliphatic carbocycles. The van der Waals surface area contributed by atoms with E-state index in [0.717, 1.165) is 22.2 Å². The van der Waals surface area contributed by atoms with Crippen molar-refractivity contribution in [3.8, 4) is 0 Å². The van der Waals surface area contributed by atoms with Crippen molar-refractivity contribution < 1.29 is 9.13 Å². The lowest BCUT2D eigenvalue weighted by atomic mass is 9.96. The third-order valence-corrected chi connectivity index (χ3v) is 6.59. The van der Waals surface area contributed by atoms with Crippen molar-refractivity contribution >= 4 is 39.1 Å². The summed E-state index contributed by atoms with van der Waals surface area (Å²) in [6.45, 7) is 4.96. The molecule has 0 saturated heterocycles. The number of ether oxygens (including phenoxy) is 1. The van der Waals surface area contributed by atoms with Crippen molar-refractivity contribution in [2.45, 2.75) is 43.9 Å². The molecule has 4 rings (SSSR count). The summed E-state index contributed by atoms with van der Waals surface area (Å²) in [5.74, 6) is 1.36. The van der Waals surface area contributed by atoms with Crippen LogP contribution in [-0.2, 0) is 23.5 Å². The average Bonchev–Trinajstić information content (AvgIpc) is 2.98. The number of anilines is 1. The number of hydrogen-bond acceptors (Lipinski definition) is 6. The molecular weight excluding hydrogens is 369 g/mol. The number of hydrogen-bond donors (Lipinski definition) is 1. The Kier molecular flexibility index (Phi) is 4.86. The Morgan fingerprint density at radius 3 is 3.00 bits per heavy atom. The van der Waals surface area contributed by atoms with Gasteiger partial charge >= 0.3 is 0 Å². The molecule has 0 spiro atoms. The molecule has 1 aromatic carbocycles. The summed E-state index contributed by atoms with van der Waals surface area (Å²) in [4.78, 5) is 11.3. The van der Waals surface area contributed by atoms with E-state index in [4.69, 9.17) is 10.5 Å². The van der Waals surface area contributed by atoms with E-state index in [1.54, 1.807) is 17.4 Å². The molecular formula is C19H20FN3OS2. The zero-order valence-electron chi connectivity index (χ0n) is 14.7. The second kappa shape index (κ2) is 7.13. The van der Waals surface area contributed by atoms with Gasteiger partial charge in [-0.05, 0) is 29.2 Å². The van der Waals surface area contributed by atoms with Crippen LogP contribution in [0.4, 0.5) is 10.2 Å². The van der Waals surface area contributed by atoms with Crippen LogP contribution in [0.3, 0.4) is 0 Å². The van der Waals surface area contributed by atoms with Crippen molar-refractivity contribution in [1.82, 2.24) is 9.97 Å². The van der Waals surface area contributed by atoms with Gasteiger partial charge in [-0.3, -0.25) is 0 Å². The molecule has 0 fully saturated rings. The minimum atomic E-state index is -0.232. The standard InChI is InChI=1S/C19H20FN3OS2/c1-10(2)14-7-13-15(8-24-14)26-18-16(13)17(21)22-19(23-18)25-9-11-4-3-5-12(20)6-11/h3-6,10,14H,7-9H2,1-2H3,(H2,21,22,23)/t14-/m0/s1. The highest BCUT2D eigenvalue weighted by Crippen LogP contribution is 2.39. The first-order valence-corrected chi connectivity index (χ1v) is 10.4. The van der Waals surface area contributed by atoms with E-state index in [1.807, 2.05) is 6.07 Å². The van der Waals surface area contributed by atoms with Gasteiger partial charge in [0.25, 0.3) is 0 Å². The van der Waals surface area contributed by atoms with Crippen LogP contribution in [0, 0.1) is 11.7 Å². The fourth-order valence-electron chi connectivity index (χ4n) is 3.15. The van der Waals surface area contributed by atoms with Gasteiger partial charge in [-0.15, -0.1) is 11.3 Å². The first-order valence-electron chi connectivity index (χ1n) is 8.58. The van der Waals surface area contributed by atoms with Gasteiger partial charge in [0.15, 0.2) is 5.16 Å². The normalized spacial score (nSPS) is 17.0. The van der Waals surface area contributed by atoms with Crippen LogP contribution in [0.15, 0.2) is 29.4 Å². The summed E-state index contributed by atoms with van der Waals surface area (Å²) in [5, 5.41) is 1.60. The number of thiophene rings is 1. The first-order chi connectivity index (χ1) is 12.5. The van der Waals surface area contributed by atoms with Gasteiger partial charge < -0.3 is 10.5 Å². The third-order valence-electron chi connectivity index (χ3n) is 4.58. The Bertz CT molecular complexity index is 957. The lowest BCUT2D eigenvalue weighted by Crippen LogP contribution is -2.26. The predicted octanol–water partition coefficient (Wildman–Crippen LogP) is 4.80. The van der Waals surface area contributed by atoms with Crippen molar-refractivity contribution in [2.24, 2.45) is 5.92 Å². The van der Waals surface area contributed by atoms with E-state index in [9.17, 15) is 4.39 Å². The molecule has 2 N–H and O–H groups in total. The number of aromatic nitrogens is 2. The van der Waals surface area contributed by atoms with Crippen LogP contribution in [0.5, 0.6) is 0 Å². The van der Waals surface area contributed by atoms with Gasteiger partial charge in [-0.2, -0.15) is 0 Å². The number of halogens is 1. The minimum absolute atomic E-state index is 0.210. The number of fused-ring (bicyclic) bond motifs is 3. The van der Waals surface area contributed by atoms with Crippen LogP contribution < -0.4 is 5.73 Å². The summed E-state index contributed by atoms with van der Waals surface area (Å²) in [5.41, 5.74) is 8.43. The van der Waals surface area contributed by atoms with E-state index in [0.29, 0.717) is 29.3 Å². The van der Waals surface area contributed by atoms with Crippen LogP contribution in [0.2, 0.25) is 0 Å². The number of rotatable bonds is 4. The average molecular weight is 390 g/mol. The van der Waals surface area contributed by atoms with E-state index in [2.05, 4.69) is 23.8 Å². The minimum Gasteiger partial charge on any atom is -0.383 e. The summed E-state index contributed by atoms with van der Waals surface area (Å²) in [6.07, 6.45) is 1.07. The Balaban J connectivity index is 1.61. The number of nitrogen functional groups attached to an aromatic ring is 1. The monoisotopic (exact) mass is 389 g/mol. The maximum atomic E-state index is 13.3. The number of nitrogens with zero attached hydrogens (tertiary/aromatic N) is 2. The molecule has 26 heavy (non-hydrogen) atoms. The van der Waals surface area contributed by atoms with Gasteiger partial charge in [0.2, 0.25) is 0 Å². The van der Waals surface area contributed by atoms with Crippen molar-refractivity contribution in [2.75, 3.05) is 5.73 Å². The molecule has 0 amide bonds. The van der Waals surface area contributed by atoms with E-state index in [-0.39, 0.29) is 11.9 Å². The molecule has 4 nitrogen and oxygen atoms in total. The third kappa shape index (κ3) is 3.43. The lowest BCUT2D eigenvalue weighted by molar-refractivity contribution is 0.00203. The maximum absolute atomic E-state index is 13.3. The molecule has 1 aliphatic heterocycles. The fourth-order valence-corrected chi connectivity index (χ4v) is 5.14. The largest absolute Gasteiger partial charge is 0.383 e. The zero-order chi connectivity index (χ0) is 18.3. The SMILES string of the molecule is CC(C)[C@@H]1Cc2c(sc3nc(SCc4cccc(F)c4)nc(N)c23)CO1. The van der Waals surface area contributed by atoms with Crippen LogP contribution in [0.25, 0.3) is 10.2 Å². The molecule has 0 bridgehead atoms. The highest BCUT2D eigenvalue weighted by atomic mass is 32.2. The topological polar surface area (TPSA) is 61.0 Å². The van der Waals surface area contributed by atoms with E-state index < -0.39 is 0 Å². The molecule has 3 heterocycles. The zero-order valence-corrected chi connectivity index (χ0v) is 16.3. The summed E-state index contributed by atoms with van der Waals surface area (Å²) >= 11 is 3.11. The molecule has 0 unspecified atom stereocenters. The van der Waals surface area contributed by atoms with Gasteiger partial charge in [0, 0.05) is 17.1 Å². The highest BCUT2D eigenvalue weighted by molar-refractivity contribution is 7.98. The Morgan fingerprint density at radius 2 is 2.23 bits per heavy atom. The Labute approximate surface area is 160 Å². The van der Waals surface area contributed by atoms with Gasteiger partial charge in [0.1, 0.15) is 16.5 Å². The molecule has 0 radical (unpaired) electrons. The molecule has 3 aromatic rings. The number of nitrogens with two attached hydrogens (primary N) is 1. The van der Waals surface area contributed by atoms with Crippen molar-refractivity contribution in [3.05, 3.63) is 46.1 Å². The molecule has 136 valence electrons. The molecule has 1 atom stereocenters. The summed E-state index contributed by atoms with van der Waals surface area (Å²) < 4.78 is 19.3. The van der Waals surface area contributed by atoms with Crippen LogP contribution >= 0.6 is 23.1 Å². The second-order valence-corrected chi connectivity index (χ2v) is 8.82. The summed E-state index contributed by atoms with van der Waals surface area (Å²) in [7, 11) is 0. The molecule has 1 aliphatic rings. The van der Waals surface area contributed by atoms with Gasteiger partial charge in [-0.25, -0.2) is 14.4 Å². The maximum Gasteiger partial charge on any atom is 0.191 e. The van der Waals surface area contributed by atoms with Crippen molar-refractivity contribution in [1.29, 1.82) is 0 Å². The van der Waals surface area contributed by atoms with Crippen LogP contribution in [0.1, 0.15) is 29.9 Å². The van der Waals surface area contributed by atoms with Crippen molar-refractivity contribution in [3.63, 3.8) is 0 Å². The number of thioether (sulfide) groups is 1. The Hall–Kier alpha value is -1.70. The van der Waals surface area contributed by atoms with E-state index in [1.165, 1.54) is 34.3 Å². The highest BCUT2D eigenvalue weighted by Gasteiger charge is 2.27. The molecule has 0 saturated carbocycles. The quantitative estimate of drug-likeness (QED) is 0.513. The smallest absolute Gasteiger partial charge is 0.191 e. The molecule has 2 aromatic heterocycles. The second-order valence-electron chi connectivity index (χ2n) is 6.79. The lowest BCUT2D eigenvalue weighted by Gasteiger charge is -2.26. The summed E-state index contributed by atoms with van der Waals surface area (Å²) in [6, 6.07) is 6.58. The number of benzene rings is 1. The molecule has 7 heteroatoms. The van der Waals surface area contributed by atoms with Crippen LogP contribution in [-0.4, -0.2) is 16.1 Å².